The molecule has 1 aliphatic rings. The molecule has 9 nitrogen and oxygen atoms in total. The molecule has 1 fully saturated rings. The van der Waals surface area contributed by atoms with Crippen LogP contribution in [0, 0.1) is 0 Å². The lowest BCUT2D eigenvalue weighted by Gasteiger charge is -2.22. The molecule has 31 heavy (non-hydrogen) atoms. The van der Waals surface area contributed by atoms with Crippen LogP contribution in [0.25, 0.3) is 11.4 Å². The van der Waals surface area contributed by atoms with Gasteiger partial charge in [-0.1, -0.05) is 31.0 Å². The van der Waals surface area contributed by atoms with Gasteiger partial charge in [0.05, 0.1) is 5.75 Å². The van der Waals surface area contributed by atoms with Gasteiger partial charge in [-0.25, -0.2) is 14.6 Å². The third kappa shape index (κ3) is 6.11. The lowest BCUT2D eigenvalue weighted by molar-refractivity contribution is -0.123. The van der Waals surface area contributed by atoms with Gasteiger partial charge >= 0.3 is 0 Å². The number of anilines is 1. The Morgan fingerprint density at radius 3 is 2.68 bits per heavy atom. The summed E-state index contributed by atoms with van der Waals surface area (Å²) in [4.78, 5) is 37.5. The average Bonchev–Trinajstić information content (AvgIpc) is 3.43. The monoisotopic (exact) mass is 457 g/mol. The third-order valence-electron chi connectivity index (χ3n) is 4.85. The molecule has 0 unspecified atom stereocenters. The number of carbonyl (C=O) groups excluding carboxylic acids is 2. The summed E-state index contributed by atoms with van der Waals surface area (Å²) in [7, 11) is 0. The van der Waals surface area contributed by atoms with Gasteiger partial charge in [0.2, 0.25) is 11.8 Å². The summed E-state index contributed by atoms with van der Waals surface area (Å²) in [6.45, 7) is 0.0605. The van der Waals surface area contributed by atoms with Crippen LogP contribution in [0.4, 0.5) is 5.13 Å². The molecule has 4 rings (SSSR count). The quantitative estimate of drug-likeness (QED) is 0.500. The Labute approximate surface area is 188 Å². The van der Waals surface area contributed by atoms with Crippen LogP contribution in [-0.2, 0) is 16.1 Å². The first-order valence-corrected chi connectivity index (χ1v) is 12.0. The zero-order valence-electron chi connectivity index (χ0n) is 16.9. The predicted molar refractivity (Wildman–Crippen MR) is 120 cm³/mol. The summed E-state index contributed by atoms with van der Waals surface area (Å²) in [6, 6.07) is 3.85. The second kappa shape index (κ2) is 10.5. The van der Waals surface area contributed by atoms with Gasteiger partial charge in [-0.05, 0) is 25.0 Å². The summed E-state index contributed by atoms with van der Waals surface area (Å²) in [5.74, 6) is 0.354. The van der Waals surface area contributed by atoms with Crippen LogP contribution in [0.2, 0.25) is 0 Å². The number of thiazole rings is 1. The lowest BCUT2D eigenvalue weighted by atomic mass is 9.95. The van der Waals surface area contributed by atoms with Crippen LogP contribution in [0.1, 0.15) is 32.1 Å². The lowest BCUT2D eigenvalue weighted by Crippen LogP contribution is -2.38. The van der Waals surface area contributed by atoms with E-state index in [9.17, 15) is 9.59 Å². The van der Waals surface area contributed by atoms with Crippen molar-refractivity contribution in [2.75, 3.05) is 11.1 Å². The maximum atomic E-state index is 12.6. The summed E-state index contributed by atoms with van der Waals surface area (Å²) in [5, 5.41) is 13.2. The first-order chi connectivity index (χ1) is 15.2. The topological polar surface area (TPSA) is 115 Å². The number of aromatic nitrogens is 5. The fraction of sp³-hybridized carbons (Fsp3) is 0.400. The van der Waals surface area contributed by atoms with Crippen LogP contribution in [0.3, 0.4) is 0 Å². The highest BCUT2D eigenvalue weighted by Gasteiger charge is 2.19. The highest BCUT2D eigenvalue weighted by Crippen LogP contribution is 2.22. The molecule has 0 bridgehead atoms. The smallest absolute Gasteiger partial charge is 0.242 e. The molecule has 11 heteroatoms. The highest BCUT2D eigenvalue weighted by atomic mass is 32.2. The van der Waals surface area contributed by atoms with Gasteiger partial charge in [0.1, 0.15) is 6.54 Å². The Balaban J connectivity index is 1.44. The van der Waals surface area contributed by atoms with Gasteiger partial charge in [-0.3, -0.25) is 14.6 Å². The molecule has 0 aromatic carbocycles. The van der Waals surface area contributed by atoms with E-state index in [1.807, 2.05) is 12.1 Å². The van der Waals surface area contributed by atoms with Gasteiger partial charge in [-0.15, -0.1) is 16.4 Å². The Bertz CT molecular complexity index is 1000. The molecule has 0 saturated heterocycles. The number of hydrogen-bond acceptors (Lipinski definition) is 8. The van der Waals surface area contributed by atoms with E-state index in [-0.39, 0.29) is 30.2 Å². The molecule has 3 aromatic heterocycles. The number of nitrogens with one attached hydrogen (secondary N) is 2. The van der Waals surface area contributed by atoms with E-state index in [0.29, 0.717) is 16.1 Å². The summed E-state index contributed by atoms with van der Waals surface area (Å²) >= 11 is 2.60. The van der Waals surface area contributed by atoms with Crippen molar-refractivity contribution in [1.82, 2.24) is 30.0 Å². The zero-order valence-corrected chi connectivity index (χ0v) is 18.5. The van der Waals surface area contributed by atoms with E-state index >= 15 is 0 Å². The summed E-state index contributed by atoms with van der Waals surface area (Å²) in [5.41, 5.74) is 0.801. The van der Waals surface area contributed by atoms with E-state index < -0.39 is 0 Å². The Kier molecular flexibility index (Phi) is 7.26. The summed E-state index contributed by atoms with van der Waals surface area (Å²) in [6.07, 6.45) is 10.5. The number of thioether (sulfide) groups is 1. The normalized spacial score (nSPS) is 14.3. The van der Waals surface area contributed by atoms with E-state index in [0.717, 1.165) is 31.2 Å². The maximum Gasteiger partial charge on any atom is 0.242 e. The van der Waals surface area contributed by atoms with Crippen LogP contribution >= 0.6 is 23.1 Å². The number of carbonyl (C=O) groups is 2. The van der Waals surface area contributed by atoms with Gasteiger partial charge in [0.15, 0.2) is 16.1 Å². The molecule has 0 aliphatic heterocycles. The predicted octanol–water partition coefficient (Wildman–Crippen LogP) is 2.98. The molecule has 3 aromatic rings. The van der Waals surface area contributed by atoms with Crippen molar-refractivity contribution < 1.29 is 9.59 Å². The molecule has 162 valence electrons. The highest BCUT2D eigenvalue weighted by molar-refractivity contribution is 7.99. The third-order valence-corrected chi connectivity index (χ3v) is 6.51. The molecular formula is C20H23N7O2S2. The van der Waals surface area contributed by atoms with Gasteiger partial charge in [0.25, 0.3) is 0 Å². The Morgan fingerprint density at radius 1 is 1.13 bits per heavy atom. The van der Waals surface area contributed by atoms with Crippen LogP contribution in [0.15, 0.2) is 41.3 Å². The van der Waals surface area contributed by atoms with E-state index in [1.165, 1.54) is 29.5 Å². The van der Waals surface area contributed by atoms with Crippen molar-refractivity contribution in [2.45, 2.75) is 49.8 Å². The first-order valence-electron chi connectivity index (χ1n) is 10.1. The Morgan fingerprint density at radius 2 is 1.94 bits per heavy atom. The van der Waals surface area contributed by atoms with Crippen LogP contribution < -0.4 is 10.6 Å². The van der Waals surface area contributed by atoms with Crippen molar-refractivity contribution >= 4 is 40.0 Å². The van der Waals surface area contributed by atoms with Crippen molar-refractivity contribution in [3.8, 4) is 11.4 Å². The molecular weight excluding hydrogens is 434 g/mol. The average molecular weight is 458 g/mol. The van der Waals surface area contributed by atoms with Crippen molar-refractivity contribution in [3.63, 3.8) is 0 Å². The SMILES string of the molecule is O=C(CSc1nc(-c2ccncc2)nn1CC(=O)NC1CCCCC1)Nc1nccs1. The Hall–Kier alpha value is -2.79. The van der Waals surface area contributed by atoms with Gasteiger partial charge in [-0.2, -0.15) is 0 Å². The van der Waals surface area contributed by atoms with Crippen molar-refractivity contribution in [3.05, 3.63) is 36.1 Å². The molecule has 1 saturated carbocycles. The number of amides is 2. The molecule has 3 heterocycles. The van der Waals surface area contributed by atoms with Crippen molar-refractivity contribution in [1.29, 1.82) is 0 Å². The second-order valence-corrected chi connectivity index (χ2v) is 9.03. The van der Waals surface area contributed by atoms with E-state index in [2.05, 4.69) is 30.7 Å². The zero-order chi connectivity index (χ0) is 21.5. The molecule has 1 aliphatic carbocycles. The minimum Gasteiger partial charge on any atom is -0.352 e. The summed E-state index contributed by atoms with van der Waals surface area (Å²) < 4.78 is 1.56. The van der Waals surface area contributed by atoms with E-state index in [1.54, 1.807) is 28.7 Å². The molecule has 2 N–H and O–H groups in total. The van der Waals surface area contributed by atoms with Crippen molar-refractivity contribution in [2.24, 2.45) is 0 Å². The van der Waals surface area contributed by atoms with E-state index in [4.69, 9.17) is 0 Å². The first kappa shape index (κ1) is 21.4. The fourth-order valence-electron chi connectivity index (χ4n) is 3.39. The molecule has 0 radical (unpaired) electrons. The van der Waals surface area contributed by atoms with Gasteiger partial charge in [0, 0.05) is 35.6 Å². The largest absolute Gasteiger partial charge is 0.352 e. The molecule has 0 spiro atoms. The standard InChI is InChI=1S/C20H23N7O2S2/c28-16(23-15-4-2-1-3-5-15)12-27-20(25-18(26-27)14-6-8-21-9-7-14)31-13-17(29)24-19-22-10-11-30-19/h6-11,15H,1-5,12-13H2,(H,23,28)(H,22,24,29). The fourth-order valence-corrected chi connectivity index (χ4v) is 4.67. The number of nitrogens with zero attached hydrogens (tertiary/aromatic N) is 5. The minimum absolute atomic E-state index is 0.0605. The second-order valence-electron chi connectivity index (χ2n) is 7.19. The number of pyridine rings is 1. The number of hydrogen-bond donors (Lipinski definition) is 2. The number of rotatable bonds is 8. The minimum atomic E-state index is -0.188. The molecule has 0 atom stereocenters. The van der Waals surface area contributed by atoms with Gasteiger partial charge < -0.3 is 10.6 Å². The maximum absolute atomic E-state index is 12.6. The van der Waals surface area contributed by atoms with Crippen LogP contribution in [-0.4, -0.2) is 48.3 Å². The molecule has 2 amide bonds. The van der Waals surface area contributed by atoms with Crippen LogP contribution in [0.5, 0.6) is 0 Å².